The minimum Gasteiger partial charge on any atom is -0.481 e. The Bertz CT molecular complexity index is 304. The van der Waals surface area contributed by atoms with E-state index in [0.717, 1.165) is 0 Å². The number of hydrogen-bond donors (Lipinski definition) is 3. The first-order valence-corrected chi connectivity index (χ1v) is 5.51. The summed E-state index contributed by atoms with van der Waals surface area (Å²) >= 11 is 0. The molecular weight excluding hydrogens is 226 g/mol. The van der Waals surface area contributed by atoms with Crippen LogP contribution in [0.4, 0.5) is 4.79 Å². The highest BCUT2D eigenvalue weighted by Crippen LogP contribution is 2.25. The van der Waals surface area contributed by atoms with Gasteiger partial charge in [-0.1, -0.05) is 19.1 Å². The number of aliphatic hydroxyl groups is 1. The molecule has 0 unspecified atom stereocenters. The number of aliphatic hydroxyl groups excluding tert-OH is 1. The maximum atomic E-state index is 11.3. The lowest BCUT2D eigenvalue weighted by Gasteiger charge is -2.32. The van der Waals surface area contributed by atoms with E-state index in [1.54, 1.807) is 0 Å². The summed E-state index contributed by atoms with van der Waals surface area (Å²) in [5.74, 6) is -1.86. The average molecular weight is 243 g/mol. The smallest absolute Gasteiger partial charge is 0.407 e. The molecule has 0 heterocycles. The Morgan fingerprint density at radius 3 is 2.76 bits per heavy atom. The number of carbonyl (C=O) groups excluding carboxylic acids is 1. The van der Waals surface area contributed by atoms with Crippen LogP contribution in [-0.4, -0.2) is 41.0 Å². The van der Waals surface area contributed by atoms with E-state index in [1.165, 1.54) is 6.08 Å². The fraction of sp³-hybridized carbons (Fsp3) is 0.636. The van der Waals surface area contributed by atoms with E-state index in [1.807, 2.05) is 0 Å². The molecule has 0 saturated heterocycles. The summed E-state index contributed by atoms with van der Waals surface area (Å²) in [6, 6.07) is -0.567. The van der Waals surface area contributed by atoms with Crippen molar-refractivity contribution in [1.29, 1.82) is 0 Å². The second-order valence-electron chi connectivity index (χ2n) is 4.00. The summed E-state index contributed by atoms with van der Waals surface area (Å²) in [5.41, 5.74) is 0. The molecule has 0 aromatic rings. The van der Waals surface area contributed by atoms with E-state index in [-0.39, 0.29) is 6.61 Å². The first kappa shape index (κ1) is 13.5. The van der Waals surface area contributed by atoms with Crippen LogP contribution in [0.2, 0.25) is 0 Å². The van der Waals surface area contributed by atoms with Gasteiger partial charge >= 0.3 is 12.1 Å². The summed E-state index contributed by atoms with van der Waals surface area (Å²) in [6.07, 6.45) is 1.32. The number of ether oxygens (including phenoxy) is 1. The van der Waals surface area contributed by atoms with Crippen molar-refractivity contribution in [2.24, 2.45) is 5.92 Å². The molecule has 1 aliphatic rings. The van der Waals surface area contributed by atoms with E-state index < -0.39 is 30.1 Å². The van der Waals surface area contributed by atoms with Crippen molar-refractivity contribution in [1.82, 2.24) is 5.32 Å². The first-order chi connectivity index (χ1) is 8.06. The molecule has 1 aliphatic carbocycles. The van der Waals surface area contributed by atoms with Crippen LogP contribution in [0.3, 0.4) is 0 Å². The molecule has 1 fully saturated rings. The van der Waals surface area contributed by atoms with Crippen LogP contribution in [0.5, 0.6) is 0 Å². The zero-order valence-corrected chi connectivity index (χ0v) is 9.46. The normalized spacial score (nSPS) is 28.2. The van der Waals surface area contributed by atoms with Crippen molar-refractivity contribution in [2.75, 3.05) is 6.61 Å². The molecule has 17 heavy (non-hydrogen) atoms. The summed E-state index contributed by atoms with van der Waals surface area (Å²) in [5, 5.41) is 21.2. The quantitative estimate of drug-likeness (QED) is 0.625. The van der Waals surface area contributed by atoms with Crippen LogP contribution in [0, 0.1) is 5.92 Å². The van der Waals surface area contributed by atoms with Gasteiger partial charge in [-0.05, 0) is 12.8 Å². The molecule has 3 N–H and O–H groups in total. The van der Waals surface area contributed by atoms with Gasteiger partial charge < -0.3 is 20.3 Å². The Kier molecular flexibility index (Phi) is 4.96. The number of amides is 1. The average Bonchev–Trinajstić information content (AvgIpc) is 2.28. The molecule has 0 aromatic heterocycles. The second-order valence-corrected chi connectivity index (χ2v) is 4.00. The van der Waals surface area contributed by atoms with Crippen molar-refractivity contribution < 1.29 is 24.5 Å². The van der Waals surface area contributed by atoms with Crippen molar-refractivity contribution in [3.05, 3.63) is 12.7 Å². The number of carboxylic acid groups (broad SMARTS) is 1. The zero-order valence-electron chi connectivity index (χ0n) is 9.46. The van der Waals surface area contributed by atoms with Crippen molar-refractivity contribution >= 4 is 12.1 Å². The van der Waals surface area contributed by atoms with Gasteiger partial charge in [0.2, 0.25) is 0 Å². The molecule has 0 radical (unpaired) electrons. The van der Waals surface area contributed by atoms with Crippen LogP contribution < -0.4 is 5.32 Å². The monoisotopic (exact) mass is 243 g/mol. The van der Waals surface area contributed by atoms with Gasteiger partial charge in [-0.2, -0.15) is 0 Å². The molecule has 0 aliphatic heterocycles. The zero-order chi connectivity index (χ0) is 12.8. The maximum Gasteiger partial charge on any atom is 0.407 e. The van der Waals surface area contributed by atoms with Crippen LogP contribution in [0.15, 0.2) is 12.7 Å². The molecule has 0 bridgehead atoms. The topological polar surface area (TPSA) is 95.9 Å². The molecule has 3 atom stereocenters. The maximum absolute atomic E-state index is 11.3. The Balaban J connectivity index is 2.49. The van der Waals surface area contributed by atoms with E-state index in [0.29, 0.717) is 19.3 Å². The third-order valence-corrected chi connectivity index (χ3v) is 2.81. The van der Waals surface area contributed by atoms with E-state index >= 15 is 0 Å². The molecule has 6 nitrogen and oxygen atoms in total. The van der Waals surface area contributed by atoms with E-state index in [9.17, 15) is 14.7 Å². The van der Waals surface area contributed by atoms with E-state index in [2.05, 4.69) is 11.9 Å². The van der Waals surface area contributed by atoms with Gasteiger partial charge in [0.1, 0.15) is 6.61 Å². The number of rotatable bonds is 4. The number of aliphatic carboxylic acids is 1. The lowest BCUT2D eigenvalue weighted by molar-refractivity contribution is -0.148. The summed E-state index contributed by atoms with van der Waals surface area (Å²) < 4.78 is 4.71. The number of carbonyl (C=O) groups is 2. The van der Waals surface area contributed by atoms with Gasteiger partial charge in [0.15, 0.2) is 0 Å². The minimum absolute atomic E-state index is 0.0804. The van der Waals surface area contributed by atoms with Crippen molar-refractivity contribution in [3.8, 4) is 0 Å². The lowest BCUT2D eigenvalue weighted by Crippen LogP contribution is -2.50. The Morgan fingerprint density at radius 2 is 2.18 bits per heavy atom. The van der Waals surface area contributed by atoms with Gasteiger partial charge in [-0.25, -0.2) is 4.79 Å². The molecule has 0 spiro atoms. The number of hydrogen-bond acceptors (Lipinski definition) is 4. The minimum atomic E-state index is -1.07. The van der Waals surface area contributed by atoms with Crippen molar-refractivity contribution in [2.45, 2.75) is 31.4 Å². The fourth-order valence-corrected chi connectivity index (χ4v) is 1.93. The summed E-state index contributed by atoms with van der Waals surface area (Å²) in [7, 11) is 0. The second kappa shape index (κ2) is 6.24. The molecule has 1 rings (SSSR count). The number of nitrogens with one attached hydrogen (secondary N) is 1. The Hall–Kier alpha value is -1.56. The SMILES string of the molecule is C=CCOC(=O)N[C@@H]1CCC[C@H](C(=O)O)[C@@H]1O. The van der Waals surface area contributed by atoms with Crippen LogP contribution in [-0.2, 0) is 9.53 Å². The molecule has 1 saturated carbocycles. The predicted molar refractivity (Wildman–Crippen MR) is 59.5 cm³/mol. The van der Waals surface area contributed by atoms with Crippen LogP contribution in [0.25, 0.3) is 0 Å². The highest BCUT2D eigenvalue weighted by Gasteiger charge is 2.37. The van der Waals surface area contributed by atoms with Gasteiger partial charge in [-0.3, -0.25) is 4.79 Å². The lowest BCUT2D eigenvalue weighted by atomic mass is 9.83. The summed E-state index contributed by atoms with van der Waals surface area (Å²) in [4.78, 5) is 22.1. The number of carboxylic acids is 1. The predicted octanol–water partition coefficient (Wildman–Crippen LogP) is 0.513. The number of alkyl carbamates (subject to hydrolysis) is 1. The molecular formula is C11H17NO5. The molecule has 6 heteroatoms. The first-order valence-electron chi connectivity index (χ1n) is 5.51. The van der Waals surface area contributed by atoms with E-state index in [4.69, 9.17) is 9.84 Å². The third kappa shape index (κ3) is 3.74. The Morgan fingerprint density at radius 1 is 1.47 bits per heavy atom. The highest BCUT2D eigenvalue weighted by molar-refractivity contribution is 5.72. The van der Waals surface area contributed by atoms with Gasteiger partial charge in [0.25, 0.3) is 0 Å². The summed E-state index contributed by atoms with van der Waals surface area (Å²) in [6.45, 7) is 3.48. The Labute approximate surface area is 99.3 Å². The van der Waals surface area contributed by atoms with Gasteiger partial charge in [-0.15, -0.1) is 0 Å². The van der Waals surface area contributed by atoms with Gasteiger partial charge in [0.05, 0.1) is 18.1 Å². The fourth-order valence-electron chi connectivity index (χ4n) is 1.93. The largest absolute Gasteiger partial charge is 0.481 e. The molecule has 0 aromatic carbocycles. The standard InChI is InChI=1S/C11H17NO5/c1-2-6-17-11(16)12-8-5-3-4-7(9(8)13)10(14)15/h2,7-9,13H,1,3-6H2,(H,12,16)(H,14,15)/t7-,8+,9-/m0/s1. The molecule has 1 amide bonds. The third-order valence-electron chi connectivity index (χ3n) is 2.81. The molecule has 96 valence electrons. The van der Waals surface area contributed by atoms with Gasteiger partial charge in [0, 0.05) is 0 Å². The van der Waals surface area contributed by atoms with Crippen LogP contribution >= 0.6 is 0 Å². The van der Waals surface area contributed by atoms with Crippen molar-refractivity contribution in [3.63, 3.8) is 0 Å². The van der Waals surface area contributed by atoms with Crippen LogP contribution in [0.1, 0.15) is 19.3 Å². The highest BCUT2D eigenvalue weighted by atomic mass is 16.5.